The molecule has 102 valence electrons. The maximum atomic E-state index is 12.2. The summed E-state index contributed by atoms with van der Waals surface area (Å²) in [6.07, 6.45) is 2.72. The molecule has 3 heterocycles. The number of fused-ring (bicyclic) bond motifs is 1. The molecule has 2 aliphatic rings. The molecule has 1 aromatic heterocycles. The first kappa shape index (κ1) is 12.1. The van der Waals surface area contributed by atoms with Gasteiger partial charge in [-0.2, -0.15) is 0 Å². The maximum absolute atomic E-state index is 12.2. The van der Waals surface area contributed by atoms with E-state index in [2.05, 4.69) is 10.3 Å². The van der Waals surface area contributed by atoms with Gasteiger partial charge in [0.2, 0.25) is 0 Å². The van der Waals surface area contributed by atoms with Crippen LogP contribution < -0.4 is 0 Å². The Kier molecular flexibility index (Phi) is 2.11. The van der Waals surface area contributed by atoms with Gasteiger partial charge in [0.15, 0.2) is 20.8 Å². The molecule has 0 aliphatic carbocycles. The van der Waals surface area contributed by atoms with Crippen LogP contribution in [0.5, 0.6) is 0 Å². The van der Waals surface area contributed by atoms with E-state index in [4.69, 9.17) is 5.11 Å². The van der Waals surface area contributed by atoms with Gasteiger partial charge in [-0.05, 0) is 6.92 Å². The lowest BCUT2D eigenvalue weighted by molar-refractivity contribution is -0.169. The van der Waals surface area contributed by atoms with Crippen LogP contribution >= 0.6 is 0 Å². The minimum absolute atomic E-state index is 0.566. The summed E-state index contributed by atoms with van der Waals surface area (Å²) < 4.78 is 25.3. The zero-order chi connectivity index (χ0) is 14.0. The molecule has 0 saturated carbocycles. The molecule has 10 heteroatoms. The average molecular weight is 286 g/mol. The molecule has 0 bridgehead atoms. The van der Waals surface area contributed by atoms with Gasteiger partial charge in [-0.3, -0.25) is 4.79 Å². The number of rotatable bonds is 2. The zero-order valence-electron chi connectivity index (χ0n) is 9.79. The average Bonchev–Trinajstić information content (AvgIpc) is 2.92. The van der Waals surface area contributed by atoms with Gasteiger partial charge in [-0.1, -0.05) is 5.21 Å². The second-order valence-electron chi connectivity index (χ2n) is 4.74. The number of carbonyl (C=O) groups excluding carboxylic acids is 1. The van der Waals surface area contributed by atoms with Crippen molar-refractivity contribution in [2.24, 2.45) is 0 Å². The van der Waals surface area contributed by atoms with Crippen molar-refractivity contribution in [1.29, 1.82) is 0 Å². The van der Waals surface area contributed by atoms with Crippen molar-refractivity contribution in [2.75, 3.05) is 5.75 Å². The van der Waals surface area contributed by atoms with E-state index in [9.17, 15) is 18.0 Å². The second-order valence-corrected chi connectivity index (χ2v) is 6.85. The smallest absolute Gasteiger partial charge is 0.327 e. The number of β-lactam (4-membered cyclic amide) rings is 1. The van der Waals surface area contributed by atoms with Gasteiger partial charge in [0, 0.05) is 6.20 Å². The van der Waals surface area contributed by atoms with E-state index in [1.54, 1.807) is 0 Å². The first-order valence-corrected chi connectivity index (χ1v) is 7.15. The summed E-state index contributed by atoms with van der Waals surface area (Å²) in [5.74, 6) is -2.46. The van der Waals surface area contributed by atoms with Crippen LogP contribution in [0, 0.1) is 0 Å². The fourth-order valence-corrected chi connectivity index (χ4v) is 5.18. The van der Waals surface area contributed by atoms with E-state index in [1.807, 2.05) is 0 Å². The predicted molar refractivity (Wildman–Crippen MR) is 59.5 cm³/mol. The molecule has 3 rings (SSSR count). The molecule has 2 aliphatic heterocycles. The second kappa shape index (κ2) is 3.32. The van der Waals surface area contributed by atoms with Crippen LogP contribution in [-0.2, 0) is 25.0 Å². The Balaban J connectivity index is 2.11. The lowest BCUT2D eigenvalue weighted by Gasteiger charge is -2.49. The van der Waals surface area contributed by atoms with Crippen LogP contribution in [0.15, 0.2) is 12.4 Å². The molecule has 1 unspecified atom stereocenters. The molecule has 1 amide bonds. The van der Waals surface area contributed by atoms with Crippen molar-refractivity contribution in [3.63, 3.8) is 0 Å². The highest BCUT2D eigenvalue weighted by atomic mass is 32.2. The van der Waals surface area contributed by atoms with Gasteiger partial charge in [-0.25, -0.2) is 17.9 Å². The molecule has 9 nitrogen and oxygen atoms in total. The number of carbonyl (C=O) groups is 2. The highest BCUT2D eigenvalue weighted by Crippen LogP contribution is 2.46. The quantitative estimate of drug-likeness (QED) is 0.626. The number of sulfone groups is 1. The van der Waals surface area contributed by atoms with Gasteiger partial charge < -0.3 is 10.0 Å². The third kappa shape index (κ3) is 1.26. The third-order valence-corrected chi connectivity index (χ3v) is 5.80. The highest BCUT2D eigenvalue weighted by molar-refractivity contribution is 7.92. The van der Waals surface area contributed by atoms with E-state index >= 15 is 0 Å². The molecule has 0 aromatic carbocycles. The van der Waals surface area contributed by atoms with Gasteiger partial charge >= 0.3 is 5.97 Å². The lowest BCUT2D eigenvalue weighted by Crippen LogP contribution is -2.74. The van der Waals surface area contributed by atoms with Crippen molar-refractivity contribution in [3.05, 3.63) is 12.4 Å². The Morgan fingerprint density at radius 3 is 2.79 bits per heavy atom. The number of nitrogens with zero attached hydrogens (tertiary/aromatic N) is 4. The Morgan fingerprint density at radius 2 is 2.26 bits per heavy atom. The molecule has 19 heavy (non-hydrogen) atoms. The van der Waals surface area contributed by atoms with E-state index in [0.717, 1.165) is 9.58 Å². The molecule has 1 N–H and O–H groups in total. The largest absolute Gasteiger partial charge is 0.480 e. The van der Waals surface area contributed by atoms with E-state index in [0.29, 0.717) is 0 Å². The molecule has 3 atom stereocenters. The summed E-state index contributed by atoms with van der Waals surface area (Å²) in [6, 6.07) is -1.32. The summed E-state index contributed by atoms with van der Waals surface area (Å²) in [5, 5.41) is 15.0. The van der Waals surface area contributed by atoms with Crippen LogP contribution in [0.25, 0.3) is 0 Å². The van der Waals surface area contributed by atoms with Crippen molar-refractivity contribution in [1.82, 2.24) is 19.9 Å². The minimum atomic E-state index is -3.71. The Hall–Kier alpha value is -1.97. The molecular formula is C9H10N4O5S. The van der Waals surface area contributed by atoms with Gasteiger partial charge in [0.1, 0.15) is 6.04 Å². The van der Waals surface area contributed by atoms with Crippen molar-refractivity contribution < 1.29 is 23.1 Å². The monoisotopic (exact) mass is 286 g/mol. The molecule has 2 saturated heterocycles. The van der Waals surface area contributed by atoms with E-state index < -0.39 is 44.4 Å². The van der Waals surface area contributed by atoms with E-state index in [-0.39, 0.29) is 0 Å². The van der Waals surface area contributed by atoms with Crippen LogP contribution in [0.1, 0.15) is 6.92 Å². The summed E-state index contributed by atoms with van der Waals surface area (Å²) in [5.41, 5.74) is -1.42. The van der Waals surface area contributed by atoms with Crippen LogP contribution in [0.2, 0.25) is 0 Å². The van der Waals surface area contributed by atoms with Crippen LogP contribution in [0.4, 0.5) is 0 Å². The number of aliphatic carboxylic acids is 1. The third-order valence-electron chi connectivity index (χ3n) is 3.65. The summed E-state index contributed by atoms with van der Waals surface area (Å²) in [4.78, 5) is 24.1. The highest BCUT2D eigenvalue weighted by Gasteiger charge is 2.72. The summed E-state index contributed by atoms with van der Waals surface area (Å²) in [6.45, 7) is 1.42. The van der Waals surface area contributed by atoms with Crippen molar-refractivity contribution >= 4 is 21.7 Å². The topological polar surface area (TPSA) is 122 Å². The number of hydrogen-bond acceptors (Lipinski definition) is 6. The Bertz CT molecular complexity index is 669. The van der Waals surface area contributed by atoms with Crippen molar-refractivity contribution in [2.45, 2.75) is 23.9 Å². The summed E-state index contributed by atoms with van der Waals surface area (Å²) >= 11 is 0. The maximum Gasteiger partial charge on any atom is 0.327 e. The molecule has 1 aromatic rings. The number of amides is 1. The van der Waals surface area contributed by atoms with Crippen LogP contribution in [-0.4, -0.2) is 62.5 Å². The first-order chi connectivity index (χ1) is 8.80. The predicted octanol–water partition coefficient (Wildman–Crippen LogP) is -1.96. The van der Waals surface area contributed by atoms with Gasteiger partial charge in [0.05, 0.1) is 11.9 Å². The number of carboxylic acid groups (broad SMARTS) is 1. The van der Waals surface area contributed by atoms with Gasteiger partial charge in [0.25, 0.3) is 5.91 Å². The zero-order valence-corrected chi connectivity index (χ0v) is 10.6. The lowest BCUT2D eigenvalue weighted by atomic mass is 9.89. The SMILES string of the molecule is CC1(n2ccnn2)C(=O)N2[C@@H](C(=O)O)CS(=O)(=O)[C@H]21. The molecule has 0 spiro atoms. The number of aromatic nitrogens is 3. The fraction of sp³-hybridized carbons (Fsp3) is 0.556. The first-order valence-electron chi connectivity index (χ1n) is 5.44. The number of hydrogen-bond donors (Lipinski definition) is 1. The van der Waals surface area contributed by atoms with Gasteiger partial charge in [-0.15, -0.1) is 5.10 Å². The van der Waals surface area contributed by atoms with Crippen LogP contribution in [0.3, 0.4) is 0 Å². The molecule has 0 radical (unpaired) electrons. The molecular weight excluding hydrogens is 276 g/mol. The van der Waals surface area contributed by atoms with E-state index in [1.165, 1.54) is 19.3 Å². The Labute approximate surface area is 107 Å². The fourth-order valence-electron chi connectivity index (χ4n) is 2.75. The Morgan fingerprint density at radius 1 is 1.58 bits per heavy atom. The normalized spacial score (nSPS) is 35.8. The minimum Gasteiger partial charge on any atom is -0.480 e. The summed E-state index contributed by atoms with van der Waals surface area (Å²) in [7, 11) is -3.71. The molecule has 2 fully saturated rings. The number of carboxylic acids is 1. The standard InChI is InChI=1S/C9H10N4O5S/c1-9(12-3-2-10-11-12)7(16)13-5(6(14)15)4-19(17,18)8(9)13/h2-3,5,8H,4H2,1H3,(H,14,15)/t5-,8+,9?/m1/s1. The van der Waals surface area contributed by atoms with Crippen molar-refractivity contribution in [3.8, 4) is 0 Å².